The number of rotatable bonds is 2. The lowest BCUT2D eigenvalue weighted by atomic mass is 10.2. The molecule has 0 radical (unpaired) electrons. The van der Waals surface area contributed by atoms with E-state index in [4.69, 9.17) is 17.3 Å². The van der Waals surface area contributed by atoms with E-state index in [0.29, 0.717) is 5.02 Å². The molecule has 0 amide bonds. The van der Waals surface area contributed by atoms with Crippen LogP contribution < -0.4 is 5.73 Å². The quantitative estimate of drug-likeness (QED) is 0.796. The monoisotopic (exact) mass is 263 g/mol. The Bertz CT molecular complexity index is 552. The Balaban J connectivity index is 2.34. The minimum absolute atomic E-state index is 0.714. The topological polar surface area (TPSA) is 26.0 Å². The molecule has 3 heteroatoms. The lowest BCUT2D eigenvalue weighted by Crippen LogP contribution is -1.89. The SMILES string of the molecule is Cc1ccc(Sc2cc(Cl)ccc2N)c(C)c1. The second-order valence-electron chi connectivity index (χ2n) is 4.05. The standard InChI is InChI=1S/C14H14ClNS/c1-9-3-6-13(10(2)7-9)17-14-8-11(15)4-5-12(14)16/h3-8H,16H2,1-2H3. The number of halogens is 1. The molecule has 2 aromatic rings. The molecule has 0 spiro atoms. The second-order valence-corrected chi connectivity index (χ2v) is 5.57. The fraction of sp³-hybridized carbons (Fsp3) is 0.143. The molecule has 0 fully saturated rings. The molecule has 2 rings (SSSR count). The maximum Gasteiger partial charge on any atom is 0.0456 e. The van der Waals surface area contributed by atoms with Gasteiger partial charge in [0.1, 0.15) is 0 Å². The molecular weight excluding hydrogens is 250 g/mol. The van der Waals surface area contributed by atoms with Crippen molar-refractivity contribution in [2.45, 2.75) is 23.6 Å². The average Bonchev–Trinajstić information content (AvgIpc) is 2.27. The molecule has 0 saturated heterocycles. The van der Waals surface area contributed by atoms with Gasteiger partial charge in [-0.2, -0.15) is 0 Å². The van der Waals surface area contributed by atoms with Crippen LogP contribution in [-0.4, -0.2) is 0 Å². The van der Waals surface area contributed by atoms with Crippen LogP contribution in [0.3, 0.4) is 0 Å². The highest BCUT2D eigenvalue weighted by Crippen LogP contribution is 2.35. The van der Waals surface area contributed by atoms with Crippen molar-refractivity contribution in [1.82, 2.24) is 0 Å². The summed E-state index contributed by atoms with van der Waals surface area (Å²) in [5.74, 6) is 0. The first-order valence-corrected chi connectivity index (χ1v) is 6.56. The van der Waals surface area contributed by atoms with Crippen LogP contribution in [0.4, 0.5) is 5.69 Å². The summed E-state index contributed by atoms with van der Waals surface area (Å²) in [7, 11) is 0. The fourth-order valence-electron chi connectivity index (χ4n) is 1.63. The smallest absolute Gasteiger partial charge is 0.0456 e. The molecule has 17 heavy (non-hydrogen) atoms. The fourth-order valence-corrected chi connectivity index (χ4v) is 2.83. The van der Waals surface area contributed by atoms with Crippen molar-refractivity contribution >= 4 is 29.1 Å². The zero-order chi connectivity index (χ0) is 12.4. The Hall–Kier alpha value is -1.12. The molecule has 0 bridgehead atoms. The van der Waals surface area contributed by atoms with Crippen molar-refractivity contribution in [3.05, 3.63) is 52.5 Å². The number of aryl methyl sites for hydroxylation is 2. The van der Waals surface area contributed by atoms with Gasteiger partial charge in [-0.15, -0.1) is 0 Å². The maximum absolute atomic E-state index is 5.98. The minimum Gasteiger partial charge on any atom is -0.398 e. The summed E-state index contributed by atoms with van der Waals surface area (Å²) < 4.78 is 0. The van der Waals surface area contributed by atoms with Gasteiger partial charge in [0.25, 0.3) is 0 Å². The van der Waals surface area contributed by atoms with E-state index in [1.165, 1.54) is 16.0 Å². The first kappa shape index (κ1) is 12.3. The van der Waals surface area contributed by atoms with Crippen molar-refractivity contribution in [1.29, 1.82) is 0 Å². The number of anilines is 1. The normalized spacial score (nSPS) is 10.5. The molecule has 0 atom stereocenters. The Morgan fingerprint density at radius 2 is 1.76 bits per heavy atom. The summed E-state index contributed by atoms with van der Waals surface area (Å²) in [6.45, 7) is 4.20. The van der Waals surface area contributed by atoms with Crippen LogP contribution >= 0.6 is 23.4 Å². The summed E-state index contributed by atoms with van der Waals surface area (Å²) >= 11 is 7.63. The third kappa shape index (κ3) is 2.96. The van der Waals surface area contributed by atoms with Gasteiger partial charge < -0.3 is 5.73 Å². The van der Waals surface area contributed by atoms with Crippen molar-refractivity contribution in [2.75, 3.05) is 5.73 Å². The van der Waals surface area contributed by atoms with E-state index in [1.807, 2.05) is 18.2 Å². The zero-order valence-corrected chi connectivity index (χ0v) is 11.4. The molecule has 0 unspecified atom stereocenters. The van der Waals surface area contributed by atoms with Gasteiger partial charge in [-0.1, -0.05) is 41.1 Å². The van der Waals surface area contributed by atoms with Crippen LogP contribution in [0.5, 0.6) is 0 Å². The van der Waals surface area contributed by atoms with Gasteiger partial charge >= 0.3 is 0 Å². The van der Waals surface area contributed by atoms with E-state index in [-0.39, 0.29) is 0 Å². The van der Waals surface area contributed by atoms with E-state index < -0.39 is 0 Å². The highest BCUT2D eigenvalue weighted by molar-refractivity contribution is 7.99. The molecule has 0 aliphatic rings. The van der Waals surface area contributed by atoms with E-state index >= 15 is 0 Å². The number of hydrogen-bond acceptors (Lipinski definition) is 2. The second kappa shape index (κ2) is 5.03. The Labute approximate surface area is 111 Å². The molecule has 1 nitrogen and oxygen atoms in total. The highest BCUT2D eigenvalue weighted by atomic mass is 35.5. The number of hydrogen-bond donors (Lipinski definition) is 1. The first-order chi connectivity index (χ1) is 8.06. The Kier molecular flexibility index (Phi) is 3.65. The van der Waals surface area contributed by atoms with Crippen LogP contribution in [-0.2, 0) is 0 Å². The average molecular weight is 264 g/mol. The van der Waals surface area contributed by atoms with E-state index in [1.54, 1.807) is 11.8 Å². The molecule has 2 aromatic carbocycles. The summed E-state index contributed by atoms with van der Waals surface area (Å²) in [4.78, 5) is 2.22. The maximum atomic E-state index is 5.98. The van der Waals surface area contributed by atoms with Crippen LogP contribution in [0, 0.1) is 13.8 Å². The largest absolute Gasteiger partial charge is 0.398 e. The first-order valence-electron chi connectivity index (χ1n) is 5.36. The summed E-state index contributed by atoms with van der Waals surface area (Å²) in [6.07, 6.45) is 0. The minimum atomic E-state index is 0.714. The third-order valence-electron chi connectivity index (χ3n) is 2.53. The molecule has 0 aromatic heterocycles. The van der Waals surface area contributed by atoms with Gasteiger partial charge in [0.2, 0.25) is 0 Å². The van der Waals surface area contributed by atoms with Gasteiger partial charge in [0.15, 0.2) is 0 Å². The Morgan fingerprint density at radius 1 is 1.00 bits per heavy atom. The van der Waals surface area contributed by atoms with E-state index in [0.717, 1.165) is 10.6 Å². The Morgan fingerprint density at radius 3 is 2.47 bits per heavy atom. The number of benzene rings is 2. The summed E-state index contributed by atoms with van der Waals surface area (Å²) in [5, 5.41) is 0.714. The van der Waals surface area contributed by atoms with E-state index in [9.17, 15) is 0 Å². The third-order valence-corrected chi connectivity index (χ3v) is 4.01. The van der Waals surface area contributed by atoms with Gasteiger partial charge in [0, 0.05) is 20.5 Å². The number of nitrogen functional groups attached to an aromatic ring is 1. The van der Waals surface area contributed by atoms with Crippen LogP contribution in [0.25, 0.3) is 0 Å². The zero-order valence-electron chi connectivity index (χ0n) is 9.83. The van der Waals surface area contributed by atoms with E-state index in [2.05, 4.69) is 32.0 Å². The summed E-state index contributed by atoms with van der Waals surface area (Å²) in [6, 6.07) is 12.0. The van der Waals surface area contributed by atoms with Crippen LogP contribution in [0.1, 0.15) is 11.1 Å². The highest BCUT2D eigenvalue weighted by Gasteiger charge is 2.05. The van der Waals surface area contributed by atoms with Crippen molar-refractivity contribution in [3.63, 3.8) is 0 Å². The van der Waals surface area contributed by atoms with Crippen LogP contribution in [0.2, 0.25) is 5.02 Å². The molecule has 0 aliphatic heterocycles. The van der Waals surface area contributed by atoms with Crippen molar-refractivity contribution < 1.29 is 0 Å². The van der Waals surface area contributed by atoms with Gasteiger partial charge in [0.05, 0.1) is 0 Å². The van der Waals surface area contributed by atoms with Gasteiger partial charge in [-0.25, -0.2) is 0 Å². The van der Waals surface area contributed by atoms with Crippen molar-refractivity contribution in [3.8, 4) is 0 Å². The molecule has 0 aliphatic carbocycles. The van der Waals surface area contributed by atoms with Gasteiger partial charge in [-0.3, -0.25) is 0 Å². The number of nitrogens with two attached hydrogens (primary N) is 1. The lowest BCUT2D eigenvalue weighted by Gasteiger charge is -2.09. The lowest BCUT2D eigenvalue weighted by molar-refractivity contribution is 1.26. The predicted octanol–water partition coefficient (Wildman–Crippen LogP) is 4.69. The summed E-state index contributed by atoms with van der Waals surface area (Å²) in [5.41, 5.74) is 9.23. The molecule has 88 valence electrons. The molecule has 0 saturated carbocycles. The molecular formula is C14H14ClNS. The van der Waals surface area contributed by atoms with Crippen LogP contribution in [0.15, 0.2) is 46.2 Å². The predicted molar refractivity (Wildman–Crippen MR) is 75.9 cm³/mol. The molecule has 0 heterocycles. The van der Waals surface area contributed by atoms with Gasteiger partial charge in [-0.05, 0) is 43.7 Å². The molecule has 2 N–H and O–H groups in total. The van der Waals surface area contributed by atoms with Crippen molar-refractivity contribution in [2.24, 2.45) is 0 Å².